The number of nitrogens with zero attached hydrogens (tertiary/aromatic N) is 2. The van der Waals surface area contributed by atoms with Crippen molar-refractivity contribution in [3.05, 3.63) is 64.8 Å². The van der Waals surface area contributed by atoms with Crippen LogP contribution in [0.25, 0.3) is 10.4 Å². The van der Waals surface area contributed by atoms with E-state index in [2.05, 4.69) is 59.6 Å². The summed E-state index contributed by atoms with van der Waals surface area (Å²) in [5.41, 5.74) is 10.2. The topological polar surface area (TPSA) is 107 Å². The minimum atomic E-state index is -0.111. The molecule has 0 unspecified atom stereocenters. The molecule has 0 aliphatic heterocycles. The van der Waals surface area contributed by atoms with E-state index in [1.807, 2.05) is 6.20 Å². The number of rotatable bonds is 13. The van der Waals surface area contributed by atoms with Gasteiger partial charge in [-0.1, -0.05) is 24.3 Å². The molecule has 1 heterocycles. The molecule has 6 rings (SSSR count). The van der Waals surface area contributed by atoms with Crippen LogP contribution < -0.4 is 20.7 Å². The molecule has 3 aliphatic carbocycles. The van der Waals surface area contributed by atoms with E-state index in [4.69, 9.17) is 20.2 Å². The van der Waals surface area contributed by atoms with Crippen LogP contribution in [-0.2, 0) is 14.3 Å². The van der Waals surface area contributed by atoms with Gasteiger partial charge in [0.25, 0.3) is 0 Å². The minimum absolute atomic E-state index is 0.0302. The van der Waals surface area contributed by atoms with Gasteiger partial charge in [-0.15, -0.1) is 11.3 Å². The molecule has 0 bridgehead atoms. The zero-order valence-electron chi connectivity index (χ0n) is 27.9. The average molecular weight is 659 g/mol. The first-order valence-electron chi connectivity index (χ1n) is 17.5. The monoisotopic (exact) mass is 658 g/mol. The predicted octanol–water partition coefficient (Wildman–Crippen LogP) is 6.96. The lowest BCUT2D eigenvalue weighted by atomic mass is 9.78. The van der Waals surface area contributed by atoms with Crippen LogP contribution in [0.3, 0.4) is 0 Å². The Balaban J connectivity index is 1.14. The third-order valence-electron chi connectivity index (χ3n) is 10.3. The van der Waals surface area contributed by atoms with Crippen LogP contribution in [-0.4, -0.2) is 56.3 Å². The molecule has 2 amide bonds. The normalized spacial score (nSPS) is 22.9. The highest BCUT2D eigenvalue weighted by Gasteiger charge is 2.33. The summed E-state index contributed by atoms with van der Waals surface area (Å²) in [5, 5.41) is 4.32. The van der Waals surface area contributed by atoms with Crippen molar-refractivity contribution in [3.8, 4) is 16.2 Å². The molecule has 0 spiro atoms. The Morgan fingerprint density at radius 3 is 2.45 bits per heavy atom. The number of hydrogen-bond donors (Lipinski definition) is 2. The molecule has 3 aliphatic rings. The van der Waals surface area contributed by atoms with Crippen molar-refractivity contribution in [1.82, 2.24) is 10.3 Å². The highest BCUT2D eigenvalue weighted by molar-refractivity contribution is 7.15. The van der Waals surface area contributed by atoms with Gasteiger partial charge in [0.2, 0.25) is 11.8 Å². The van der Waals surface area contributed by atoms with Crippen LogP contribution in [0.2, 0.25) is 0 Å². The Kier molecular flexibility index (Phi) is 11.3. The number of carbonyl (C=O) groups is 2. The smallest absolute Gasteiger partial charge is 0.246 e. The summed E-state index contributed by atoms with van der Waals surface area (Å²) in [5.74, 6) is 2.62. The Morgan fingerprint density at radius 2 is 1.74 bits per heavy atom. The van der Waals surface area contributed by atoms with Crippen LogP contribution in [0.5, 0.6) is 5.75 Å². The van der Waals surface area contributed by atoms with Crippen LogP contribution in [0.4, 0.5) is 5.69 Å². The fourth-order valence-corrected chi connectivity index (χ4v) is 8.49. The van der Waals surface area contributed by atoms with Crippen molar-refractivity contribution in [3.63, 3.8) is 0 Å². The lowest BCUT2D eigenvalue weighted by Crippen LogP contribution is -2.44. The summed E-state index contributed by atoms with van der Waals surface area (Å²) in [6.07, 6.45) is 12.1. The number of amides is 2. The third kappa shape index (κ3) is 8.61. The fraction of sp³-hybridized carbons (Fsp3) is 0.553. The highest BCUT2D eigenvalue weighted by atomic mass is 32.1. The minimum Gasteiger partial charge on any atom is -0.496 e. The van der Waals surface area contributed by atoms with Crippen molar-refractivity contribution in [2.24, 2.45) is 17.6 Å². The number of benzene rings is 2. The van der Waals surface area contributed by atoms with E-state index in [9.17, 15) is 9.59 Å². The van der Waals surface area contributed by atoms with Crippen LogP contribution >= 0.6 is 11.3 Å². The summed E-state index contributed by atoms with van der Waals surface area (Å²) in [6, 6.07) is 15.2. The summed E-state index contributed by atoms with van der Waals surface area (Å²) >= 11 is 1.79. The third-order valence-corrected chi connectivity index (χ3v) is 11.5. The number of aryl methyl sites for hydroxylation is 1. The number of nitrogens with one attached hydrogen (secondary N) is 1. The Labute approximate surface area is 283 Å². The van der Waals surface area contributed by atoms with E-state index in [1.54, 1.807) is 18.4 Å². The molecule has 8 nitrogen and oxygen atoms in total. The fourth-order valence-electron chi connectivity index (χ4n) is 7.40. The molecule has 3 N–H and O–H groups in total. The van der Waals surface area contributed by atoms with E-state index in [0.717, 1.165) is 74.9 Å². The van der Waals surface area contributed by atoms with E-state index in [1.165, 1.54) is 33.9 Å². The largest absolute Gasteiger partial charge is 0.496 e. The second-order valence-electron chi connectivity index (χ2n) is 13.7. The molecule has 0 radical (unpaired) electrons. The van der Waals surface area contributed by atoms with Gasteiger partial charge < -0.3 is 25.4 Å². The number of ether oxygens (including phenoxy) is 2. The second kappa shape index (κ2) is 15.8. The van der Waals surface area contributed by atoms with Gasteiger partial charge in [0.05, 0.1) is 23.6 Å². The second-order valence-corrected chi connectivity index (χ2v) is 14.8. The summed E-state index contributed by atoms with van der Waals surface area (Å²) in [6.45, 7) is 3.66. The number of methoxy groups -OCH3 is 1. The zero-order chi connectivity index (χ0) is 32.8. The zero-order valence-corrected chi connectivity index (χ0v) is 28.7. The standard InChI is InChI=1S/C38H50N4O4S/c1-25-20-30(14-17-34(25)45-2)27-8-6-26(7-9-27)23-42(33-5-3-4-31(21-33)35-22-40-37(47-35)28-10-11-28)38(44)29-12-15-32(16-13-29)41-36(43)24-46-19-18-39/h3-5,14,17,20-22,26-29,32H,6-13,15-16,18-19,23-24,39H2,1-2H3,(H,41,43)/t26-,27-,29-,32-. The molecule has 3 fully saturated rings. The quantitative estimate of drug-likeness (QED) is 0.192. The molecule has 252 valence electrons. The number of anilines is 1. The lowest BCUT2D eigenvalue weighted by Gasteiger charge is -2.36. The highest BCUT2D eigenvalue weighted by Crippen LogP contribution is 2.44. The van der Waals surface area contributed by atoms with Gasteiger partial charge in [-0.3, -0.25) is 9.59 Å². The number of aromatic nitrogens is 1. The molecule has 47 heavy (non-hydrogen) atoms. The average Bonchev–Trinajstić information content (AvgIpc) is 3.83. The molecule has 1 aromatic heterocycles. The summed E-state index contributed by atoms with van der Waals surface area (Å²) in [4.78, 5) is 34.7. The number of carbonyl (C=O) groups excluding carboxylic acids is 2. The molecule has 0 saturated heterocycles. The molecule has 0 atom stereocenters. The first-order chi connectivity index (χ1) is 22.9. The Morgan fingerprint density at radius 1 is 0.979 bits per heavy atom. The number of nitrogens with two attached hydrogens (primary N) is 1. The van der Waals surface area contributed by atoms with Gasteiger partial charge in [-0.05, 0) is 118 Å². The van der Waals surface area contributed by atoms with Gasteiger partial charge in [0, 0.05) is 42.9 Å². The van der Waals surface area contributed by atoms with Gasteiger partial charge in [0.1, 0.15) is 12.4 Å². The van der Waals surface area contributed by atoms with E-state index in [0.29, 0.717) is 30.9 Å². The molecule has 2 aromatic carbocycles. The predicted molar refractivity (Wildman–Crippen MR) is 188 cm³/mol. The van der Waals surface area contributed by atoms with Gasteiger partial charge >= 0.3 is 0 Å². The lowest BCUT2D eigenvalue weighted by molar-refractivity contribution is -0.126. The SMILES string of the molecule is COc1ccc([C@H]2CC[C@H](CN(c3cccc(-c4cnc(C5CC5)s4)c3)C(=O)[C@H]3CC[C@H](NC(=O)COCCN)CC3)CC2)cc1C. The van der Waals surface area contributed by atoms with Crippen molar-refractivity contribution in [2.75, 3.05) is 38.3 Å². The maximum absolute atomic E-state index is 14.4. The van der Waals surface area contributed by atoms with Crippen LogP contribution in [0, 0.1) is 18.8 Å². The van der Waals surface area contributed by atoms with Crippen LogP contribution in [0.1, 0.15) is 92.2 Å². The van der Waals surface area contributed by atoms with E-state index < -0.39 is 0 Å². The Bertz CT molecular complexity index is 1500. The molecule has 9 heteroatoms. The molecular weight excluding hydrogens is 609 g/mol. The Hall–Kier alpha value is -3.27. The summed E-state index contributed by atoms with van der Waals surface area (Å²) < 4.78 is 10.8. The molecular formula is C38H50N4O4S. The summed E-state index contributed by atoms with van der Waals surface area (Å²) in [7, 11) is 1.73. The van der Waals surface area contributed by atoms with Crippen molar-refractivity contribution in [1.29, 1.82) is 0 Å². The van der Waals surface area contributed by atoms with Crippen molar-refractivity contribution in [2.45, 2.75) is 89.0 Å². The van der Waals surface area contributed by atoms with Crippen LogP contribution in [0.15, 0.2) is 48.7 Å². The van der Waals surface area contributed by atoms with E-state index >= 15 is 0 Å². The number of hydrogen-bond acceptors (Lipinski definition) is 7. The number of thiazole rings is 1. The molecule has 3 saturated carbocycles. The van der Waals surface area contributed by atoms with Gasteiger partial charge in [-0.25, -0.2) is 4.98 Å². The van der Waals surface area contributed by atoms with E-state index in [-0.39, 0.29) is 30.4 Å². The maximum Gasteiger partial charge on any atom is 0.246 e. The van der Waals surface area contributed by atoms with Gasteiger partial charge in [0.15, 0.2) is 0 Å². The van der Waals surface area contributed by atoms with Crippen molar-refractivity contribution < 1.29 is 19.1 Å². The first kappa shape index (κ1) is 33.6. The first-order valence-corrected chi connectivity index (χ1v) is 18.3. The van der Waals surface area contributed by atoms with Gasteiger partial charge in [-0.2, -0.15) is 0 Å². The molecule has 3 aromatic rings. The van der Waals surface area contributed by atoms with Crippen molar-refractivity contribution >= 4 is 28.8 Å². The maximum atomic E-state index is 14.4.